The van der Waals surface area contributed by atoms with Crippen LogP contribution in [-0.2, 0) is 4.79 Å². The minimum atomic E-state index is -0.0771. The van der Waals surface area contributed by atoms with Crippen molar-refractivity contribution in [2.45, 2.75) is 25.7 Å². The molecule has 1 amide bonds. The number of aromatic nitrogens is 1. The lowest BCUT2D eigenvalue weighted by Crippen LogP contribution is -2.26. The van der Waals surface area contributed by atoms with Gasteiger partial charge in [-0.15, -0.1) is 0 Å². The maximum atomic E-state index is 12.4. The number of hydrogen-bond acceptors (Lipinski definition) is 1. The molecule has 0 radical (unpaired) electrons. The summed E-state index contributed by atoms with van der Waals surface area (Å²) in [6, 6.07) is 15.9. The first-order valence-corrected chi connectivity index (χ1v) is 8.65. The molecule has 4 heteroatoms. The second-order valence-electron chi connectivity index (χ2n) is 5.92. The molecule has 1 aromatic heterocycles. The van der Waals surface area contributed by atoms with E-state index in [0.717, 1.165) is 28.5 Å². The summed E-state index contributed by atoms with van der Waals surface area (Å²) in [6.07, 6.45) is 3.30. The van der Waals surface area contributed by atoms with Crippen LogP contribution in [0.1, 0.15) is 36.8 Å². The SMILES string of the molecule is CCCNC(=O)C[C@H](c1ccccc1Cl)c1c[nH]c2ccccc12. The zero-order valence-corrected chi connectivity index (χ0v) is 14.4. The van der Waals surface area contributed by atoms with Gasteiger partial charge in [0.05, 0.1) is 0 Å². The predicted molar refractivity (Wildman–Crippen MR) is 99.5 cm³/mol. The highest BCUT2D eigenvalue weighted by molar-refractivity contribution is 6.31. The van der Waals surface area contributed by atoms with E-state index in [1.54, 1.807) is 0 Å². The molecule has 2 N–H and O–H groups in total. The van der Waals surface area contributed by atoms with Crippen molar-refractivity contribution >= 4 is 28.4 Å². The number of fused-ring (bicyclic) bond motifs is 1. The van der Waals surface area contributed by atoms with Crippen molar-refractivity contribution in [1.29, 1.82) is 0 Å². The van der Waals surface area contributed by atoms with E-state index in [9.17, 15) is 4.79 Å². The van der Waals surface area contributed by atoms with E-state index in [0.29, 0.717) is 18.0 Å². The van der Waals surface area contributed by atoms with Crippen LogP contribution in [0.4, 0.5) is 0 Å². The van der Waals surface area contributed by atoms with Crippen LogP contribution >= 0.6 is 11.6 Å². The summed E-state index contributed by atoms with van der Waals surface area (Å²) in [7, 11) is 0. The van der Waals surface area contributed by atoms with Gasteiger partial charge >= 0.3 is 0 Å². The first-order valence-electron chi connectivity index (χ1n) is 8.27. The molecule has 0 aliphatic rings. The van der Waals surface area contributed by atoms with Crippen LogP contribution < -0.4 is 5.32 Å². The average Bonchev–Trinajstić information content (AvgIpc) is 3.02. The normalized spacial score (nSPS) is 12.2. The monoisotopic (exact) mass is 340 g/mol. The van der Waals surface area contributed by atoms with Gasteiger partial charge in [0.15, 0.2) is 0 Å². The number of amides is 1. The van der Waals surface area contributed by atoms with Crippen molar-refractivity contribution < 1.29 is 4.79 Å². The highest BCUT2D eigenvalue weighted by Gasteiger charge is 2.23. The van der Waals surface area contributed by atoms with Gasteiger partial charge in [-0.25, -0.2) is 0 Å². The fourth-order valence-electron chi connectivity index (χ4n) is 3.05. The number of para-hydroxylation sites is 1. The minimum absolute atomic E-state index is 0.0482. The first kappa shape index (κ1) is 16.6. The third-order valence-corrected chi connectivity index (χ3v) is 4.58. The molecule has 0 saturated heterocycles. The van der Waals surface area contributed by atoms with Crippen LogP contribution in [0.2, 0.25) is 5.02 Å². The van der Waals surface area contributed by atoms with Crippen molar-refractivity contribution in [2.24, 2.45) is 0 Å². The molecule has 0 saturated carbocycles. The molecule has 0 bridgehead atoms. The van der Waals surface area contributed by atoms with E-state index in [-0.39, 0.29) is 11.8 Å². The molecular formula is C20H21ClN2O. The summed E-state index contributed by atoms with van der Waals surface area (Å²) in [4.78, 5) is 15.7. The number of carbonyl (C=O) groups is 1. The van der Waals surface area contributed by atoms with Gasteiger partial charge in [-0.05, 0) is 29.7 Å². The number of aromatic amines is 1. The van der Waals surface area contributed by atoms with Gasteiger partial charge in [0, 0.05) is 41.0 Å². The Labute approximate surface area is 147 Å². The predicted octanol–water partition coefficient (Wildman–Crippen LogP) is 4.87. The zero-order chi connectivity index (χ0) is 16.9. The van der Waals surface area contributed by atoms with Gasteiger partial charge in [0.25, 0.3) is 0 Å². The van der Waals surface area contributed by atoms with Crippen molar-refractivity contribution in [3.05, 3.63) is 70.9 Å². The van der Waals surface area contributed by atoms with Crippen molar-refractivity contribution in [2.75, 3.05) is 6.54 Å². The Morgan fingerprint density at radius 2 is 1.88 bits per heavy atom. The standard InChI is InChI=1S/C20H21ClN2O/c1-2-11-22-20(24)12-16(14-7-3-5-9-18(14)21)17-13-23-19-10-6-4-8-15(17)19/h3-10,13,16,23H,2,11-12H2,1H3,(H,22,24)/t16-/m1/s1. The number of halogens is 1. The van der Waals surface area contributed by atoms with Crippen LogP contribution in [0.5, 0.6) is 0 Å². The summed E-state index contributed by atoms with van der Waals surface area (Å²) < 4.78 is 0. The molecule has 0 spiro atoms. The molecule has 0 aliphatic heterocycles. The van der Waals surface area contributed by atoms with Gasteiger partial charge in [-0.2, -0.15) is 0 Å². The van der Waals surface area contributed by atoms with E-state index < -0.39 is 0 Å². The van der Waals surface area contributed by atoms with Gasteiger partial charge in [-0.3, -0.25) is 4.79 Å². The van der Waals surface area contributed by atoms with Crippen LogP contribution in [-0.4, -0.2) is 17.4 Å². The molecule has 0 aliphatic carbocycles. The Hall–Kier alpha value is -2.26. The molecule has 0 unspecified atom stereocenters. The summed E-state index contributed by atoms with van der Waals surface area (Å²) in [6.45, 7) is 2.74. The molecule has 0 fully saturated rings. The van der Waals surface area contributed by atoms with E-state index in [2.05, 4.69) is 16.4 Å². The zero-order valence-electron chi connectivity index (χ0n) is 13.7. The number of carbonyl (C=O) groups excluding carboxylic acids is 1. The third kappa shape index (κ3) is 3.46. The lowest BCUT2D eigenvalue weighted by atomic mass is 9.88. The van der Waals surface area contributed by atoms with E-state index in [4.69, 9.17) is 11.6 Å². The van der Waals surface area contributed by atoms with E-state index in [1.165, 1.54) is 0 Å². The lowest BCUT2D eigenvalue weighted by Gasteiger charge is -2.18. The number of H-pyrrole nitrogens is 1. The molecule has 3 nitrogen and oxygen atoms in total. The van der Waals surface area contributed by atoms with Crippen LogP contribution in [0.3, 0.4) is 0 Å². The molecular weight excluding hydrogens is 320 g/mol. The molecule has 3 rings (SSSR count). The molecule has 2 aromatic carbocycles. The number of benzene rings is 2. The maximum absolute atomic E-state index is 12.4. The van der Waals surface area contributed by atoms with Gasteiger partial charge in [-0.1, -0.05) is 54.9 Å². The number of hydrogen-bond donors (Lipinski definition) is 2. The summed E-state index contributed by atoms with van der Waals surface area (Å²) in [5.41, 5.74) is 3.15. The topological polar surface area (TPSA) is 44.9 Å². The highest BCUT2D eigenvalue weighted by Crippen LogP contribution is 2.36. The second kappa shape index (κ2) is 7.54. The Balaban J connectivity index is 2.02. The van der Waals surface area contributed by atoms with Crippen molar-refractivity contribution in [3.8, 4) is 0 Å². The van der Waals surface area contributed by atoms with Gasteiger partial charge in [0.1, 0.15) is 0 Å². The Kier molecular flexibility index (Phi) is 5.21. The van der Waals surface area contributed by atoms with Gasteiger partial charge in [0.2, 0.25) is 5.91 Å². The van der Waals surface area contributed by atoms with Crippen LogP contribution in [0.15, 0.2) is 54.7 Å². The third-order valence-electron chi connectivity index (χ3n) is 4.24. The largest absolute Gasteiger partial charge is 0.361 e. The summed E-state index contributed by atoms with van der Waals surface area (Å²) in [5, 5.41) is 4.79. The fraction of sp³-hybridized carbons (Fsp3) is 0.250. The van der Waals surface area contributed by atoms with Crippen molar-refractivity contribution in [3.63, 3.8) is 0 Å². The van der Waals surface area contributed by atoms with Gasteiger partial charge < -0.3 is 10.3 Å². The molecule has 1 heterocycles. The highest BCUT2D eigenvalue weighted by atomic mass is 35.5. The van der Waals surface area contributed by atoms with Crippen LogP contribution in [0, 0.1) is 0 Å². The maximum Gasteiger partial charge on any atom is 0.220 e. The van der Waals surface area contributed by atoms with Crippen LogP contribution in [0.25, 0.3) is 10.9 Å². The lowest BCUT2D eigenvalue weighted by molar-refractivity contribution is -0.121. The quantitative estimate of drug-likeness (QED) is 0.660. The fourth-order valence-corrected chi connectivity index (χ4v) is 3.32. The molecule has 3 aromatic rings. The summed E-state index contributed by atoms with van der Waals surface area (Å²) >= 11 is 6.43. The Morgan fingerprint density at radius 3 is 2.67 bits per heavy atom. The Bertz CT molecular complexity index is 840. The van der Waals surface area contributed by atoms with Crippen molar-refractivity contribution in [1.82, 2.24) is 10.3 Å². The number of rotatable bonds is 6. The Morgan fingerprint density at radius 1 is 1.12 bits per heavy atom. The molecule has 24 heavy (non-hydrogen) atoms. The molecule has 124 valence electrons. The summed E-state index contributed by atoms with van der Waals surface area (Å²) in [5.74, 6) is -0.0289. The molecule has 1 atom stereocenters. The average molecular weight is 341 g/mol. The first-order chi connectivity index (χ1) is 11.7. The smallest absolute Gasteiger partial charge is 0.220 e. The second-order valence-corrected chi connectivity index (χ2v) is 6.32. The van der Waals surface area contributed by atoms with E-state index >= 15 is 0 Å². The number of nitrogens with one attached hydrogen (secondary N) is 2. The minimum Gasteiger partial charge on any atom is -0.361 e. The van der Waals surface area contributed by atoms with E-state index in [1.807, 2.05) is 55.6 Å².